The third kappa shape index (κ3) is 5.52. The lowest BCUT2D eigenvalue weighted by Gasteiger charge is -2.38. The van der Waals surface area contributed by atoms with Crippen molar-refractivity contribution in [1.82, 2.24) is 0 Å². The van der Waals surface area contributed by atoms with E-state index in [0.717, 1.165) is 66.0 Å². The first-order valence-corrected chi connectivity index (χ1v) is 11.1. The normalized spacial score (nSPS) is 17.7. The van der Waals surface area contributed by atoms with Gasteiger partial charge in [0.2, 0.25) is 0 Å². The minimum Gasteiger partial charge on any atom is -0.493 e. The standard InChI is InChI=1S/C26H36O5/c1-18-19(2)25-23(20(3)24(18)30-17-28-5)12-13-26(4,31-25)14-16-29-22-10-8-21(9-11-22)7-6-15-27/h8-11,27H,6-7,12-17H2,1-5H3. The molecule has 1 unspecified atom stereocenters. The number of fused-ring (bicyclic) bond motifs is 1. The highest BCUT2D eigenvalue weighted by molar-refractivity contribution is 5.59. The van der Waals surface area contributed by atoms with Crippen molar-refractivity contribution >= 4 is 0 Å². The van der Waals surface area contributed by atoms with Crippen molar-refractivity contribution in [3.8, 4) is 17.2 Å². The van der Waals surface area contributed by atoms with E-state index in [4.69, 9.17) is 24.1 Å². The molecule has 0 spiro atoms. The summed E-state index contributed by atoms with van der Waals surface area (Å²) < 4.78 is 23.5. The van der Waals surface area contributed by atoms with Gasteiger partial charge in [-0.25, -0.2) is 0 Å². The fourth-order valence-electron chi connectivity index (χ4n) is 4.21. The Morgan fingerprint density at radius 1 is 1.03 bits per heavy atom. The highest BCUT2D eigenvalue weighted by Crippen LogP contribution is 2.44. The van der Waals surface area contributed by atoms with Crippen LogP contribution in [-0.2, 0) is 17.6 Å². The van der Waals surface area contributed by atoms with Crippen LogP contribution in [0.1, 0.15) is 54.0 Å². The second-order valence-electron chi connectivity index (χ2n) is 8.68. The molecule has 0 aliphatic carbocycles. The highest BCUT2D eigenvalue weighted by atomic mass is 16.7. The molecule has 1 heterocycles. The van der Waals surface area contributed by atoms with E-state index in [1.165, 1.54) is 11.1 Å². The summed E-state index contributed by atoms with van der Waals surface area (Å²) in [6.45, 7) is 9.54. The Kier molecular flexibility index (Phi) is 7.84. The first-order chi connectivity index (χ1) is 14.9. The van der Waals surface area contributed by atoms with Gasteiger partial charge in [0, 0.05) is 25.7 Å². The molecule has 1 N–H and O–H groups in total. The molecule has 0 saturated heterocycles. The van der Waals surface area contributed by atoms with Gasteiger partial charge in [0.05, 0.1) is 6.61 Å². The van der Waals surface area contributed by atoms with Crippen LogP contribution in [0.3, 0.4) is 0 Å². The van der Waals surface area contributed by atoms with Crippen LogP contribution < -0.4 is 14.2 Å². The molecular formula is C26H36O5. The monoisotopic (exact) mass is 428 g/mol. The Morgan fingerprint density at radius 2 is 1.77 bits per heavy atom. The summed E-state index contributed by atoms with van der Waals surface area (Å²) in [5.74, 6) is 2.79. The molecule has 0 radical (unpaired) electrons. The van der Waals surface area contributed by atoms with E-state index in [0.29, 0.717) is 6.61 Å². The largest absolute Gasteiger partial charge is 0.493 e. The number of hydrogen-bond donors (Lipinski definition) is 1. The van der Waals surface area contributed by atoms with Crippen molar-refractivity contribution in [2.24, 2.45) is 0 Å². The van der Waals surface area contributed by atoms with Crippen molar-refractivity contribution < 1.29 is 24.1 Å². The SMILES string of the molecule is COCOc1c(C)c(C)c2c(c1C)CCC(C)(CCOc1ccc(CCCO)cc1)O2. The average Bonchev–Trinajstić information content (AvgIpc) is 2.77. The lowest BCUT2D eigenvalue weighted by Crippen LogP contribution is -2.38. The highest BCUT2D eigenvalue weighted by Gasteiger charge is 2.34. The minimum absolute atomic E-state index is 0.222. The first kappa shape index (κ1) is 23.4. The van der Waals surface area contributed by atoms with Gasteiger partial charge in [-0.2, -0.15) is 0 Å². The zero-order valence-corrected chi connectivity index (χ0v) is 19.5. The van der Waals surface area contributed by atoms with E-state index in [2.05, 4.69) is 39.8 Å². The van der Waals surface area contributed by atoms with Crippen molar-refractivity contribution in [2.45, 2.75) is 65.4 Å². The van der Waals surface area contributed by atoms with Crippen LogP contribution in [0, 0.1) is 20.8 Å². The Bertz CT molecular complexity index is 875. The number of ether oxygens (including phenoxy) is 4. The smallest absolute Gasteiger partial charge is 0.188 e. The predicted molar refractivity (Wildman–Crippen MR) is 122 cm³/mol. The summed E-state index contributed by atoms with van der Waals surface area (Å²) in [5, 5.41) is 8.96. The predicted octanol–water partition coefficient (Wildman–Crippen LogP) is 5.07. The molecule has 0 saturated carbocycles. The fraction of sp³-hybridized carbons (Fsp3) is 0.538. The zero-order valence-electron chi connectivity index (χ0n) is 19.5. The van der Waals surface area contributed by atoms with Crippen LogP contribution in [0.15, 0.2) is 24.3 Å². The number of methoxy groups -OCH3 is 1. The number of aliphatic hydroxyl groups is 1. The topological polar surface area (TPSA) is 57.2 Å². The van der Waals surface area contributed by atoms with Crippen molar-refractivity contribution in [3.05, 3.63) is 52.1 Å². The quantitative estimate of drug-likeness (QED) is 0.535. The summed E-state index contributed by atoms with van der Waals surface area (Å²) in [4.78, 5) is 0. The van der Waals surface area contributed by atoms with Crippen LogP contribution in [0.4, 0.5) is 0 Å². The Morgan fingerprint density at radius 3 is 2.45 bits per heavy atom. The van der Waals surface area contributed by atoms with E-state index in [9.17, 15) is 0 Å². The summed E-state index contributed by atoms with van der Waals surface area (Å²) in [6, 6.07) is 8.14. The maximum atomic E-state index is 8.96. The zero-order chi connectivity index (χ0) is 22.4. The third-order valence-electron chi connectivity index (χ3n) is 6.33. The molecule has 2 aromatic rings. The Balaban J connectivity index is 1.64. The molecule has 1 aliphatic heterocycles. The van der Waals surface area contributed by atoms with Gasteiger partial charge in [-0.15, -0.1) is 0 Å². The van der Waals surface area contributed by atoms with E-state index in [-0.39, 0.29) is 19.0 Å². The van der Waals surface area contributed by atoms with Crippen molar-refractivity contribution in [3.63, 3.8) is 0 Å². The average molecular weight is 429 g/mol. The van der Waals surface area contributed by atoms with E-state index >= 15 is 0 Å². The summed E-state index contributed by atoms with van der Waals surface area (Å²) in [7, 11) is 1.64. The summed E-state index contributed by atoms with van der Waals surface area (Å²) in [6.07, 6.45) is 4.39. The second kappa shape index (κ2) is 10.4. The van der Waals surface area contributed by atoms with Gasteiger partial charge in [0.25, 0.3) is 0 Å². The molecule has 170 valence electrons. The third-order valence-corrected chi connectivity index (χ3v) is 6.33. The lowest BCUT2D eigenvalue weighted by molar-refractivity contribution is 0.0387. The van der Waals surface area contributed by atoms with Crippen LogP contribution in [-0.4, -0.2) is 37.8 Å². The molecule has 31 heavy (non-hydrogen) atoms. The molecule has 2 aromatic carbocycles. The van der Waals surface area contributed by atoms with E-state index < -0.39 is 0 Å². The molecule has 0 aromatic heterocycles. The lowest BCUT2D eigenvalue weighted by atomic mass is 9.86. The Labute approximate surface area is 186 Å². The molecule has 0 bridgehead atoms. The van der Waals surface area contributed by atoms with Gasteiger partial charge in [-0.05, 0) is 87.8 Å². The maximum Gasteiger partial charge on any atom is 0.188 e. The van der Waals surface area contributed by atoms with Gasteiger partial charge in [-0.1, -0.05) is 12.1 Å². The van der Waals surface area contributed by atoms with Crippen molar-refractivity contribution in [1.29, 1.82) is 0 Å². The van der Waals surface area contributed by atoms with Gasteiger partial charge < -0.3 is 24.1 Å². The molecule has 1 aliphatic rings. The van der Waals surface area contributed by atoms with Crippen LogP contribution in [0.2, 0.25) is 0 Å². The molecular weight excluding hydrogens is 392 g/mol. The Hall–Kier alpha value is -2.24. The van der Waals surface area contributed by atoms with Gasteiger partial charge in [0.1, 0.15) is 22.8 Å². The second-order valence-corrected chi connectivity index (χ2v) is 8.68. The van der Waals surface area contributed by atoms with Crippen LogP contribution >= 0.6 is 0 Å². The maximum absolute atomic E-state index is 8.96. The number of aliphatic hydroxyl groups excluding tert-OH is 1. The molecule has 0 amide bonds. The number of rotatable bonds is 10. The van der Waals surface area contributed by atoms with Gasteiger partial charge in [0.15, 0.2) is 6.79 Å². The van der Waals surface area contributed by atoms with Gasteiger partial charge >= 0.3 is 0 Å². The van der Waals surface area contributed by atoms with Gasteiger partial charge in [-0.3, -0.25) is 0 Å². The summed E-state index contributed by atoms with van der Waals surface area (Å²) >= 11 is 0. The molecule has 3 rings (SSSR count). The van der Waals surface area contributed by atoms with E-state index in [1.54, 1.807) is 7.11 Å². The number of hydrogen-bond acceptors (Lipinski definition) is 5. The first-order valence-electron chi connectivity index (χ1n) is 11.1. The minimum atomic E-state index is -0.257. The molecule has 1 atom stereocenters. The number of benzene rings is 2. The molecule has 5 heteroatoms. The molecule has 0 fully saturated rings. The fourth-order valence-corrected chi connectivity index (χ4v) is 4.21. The van der Waals surface area contributed by atoms with Crippen LogP contribution in [0.5, 0.6) is 17.2 Å². The van der Waals surface area contributed by atoms with E-state index in [1.807, 2.05) is 12.1 Å². The van der Waals surface area contributed by atoms with Crippen molar-refractivity contribution in [2.75, 3.05) is 27.1 Å². The molecule has 5 nitrogen and oxygen atoms in total. The van der Waals surface area contributed by atoms with Crippen LogP contribution in [0.25, 0.3) is 0 Å². The summed E-state index contributed by atoms with van der Waals surface area (Å²) in [5.41, 5.74) is 5.59. The number of aryl methyl sites for hydroxylation is 1.